The van der Waals surface area contributed by atoms with E-state index in [0.717, 1.165) is 19.5 Å². The number of aliphatic hydroxyl groups excluding tert-OH is 1. The number of nitrogens with zero attached hydrogens (tertiary/aromatic N) is 1. The highest BCUT2D eigenvalue weighted by molar-refractivity contribution is 5.73. The van der Waals surface area contributed by atoms with Gasteiger partial charge in [0.15, 0.2) is 6.10 Å². The van der Waals surface area contributed by atoms with Crippen LogP contribution < -0.4 is 5.73 Å². The molecule has 5 nitrogen and oxygen atoms in total. The van der Waals surface area contributed by atoms with Crippen LogP contribution in [0, 0.1) is 0 Å². The molecule has 14 heavy (non-hydrogen) atoms. The van der Waals surface area contributed by atoms with E-state index in [9.17, 15) is 9.90 Å². The number of aliphatic carboxylic acids is 1. The van der Waals surface area contributed by atoms with Gasteiger partial charge in [-0.15, -0.1) is 0 Å². The highest BCUT2D eigenvalue weighted by atomic mass is 16.4. The standard InChI is InChI=1S/C9H18N2O3/c1-11-5-2-3-9(10,4-6-11)7(12)8(13)14/h7,12H,2-6,10H2,1H3,(H,13,14). The molecule has 2 atom stereocenters. The van der Waals surface area contributed by atoms with E-state index in [2.05, 4.69) is 4.90 Å². The molecule has 0 aromatic carbocycles. The molecular formula is C9H18N2O3. The van der Waals surface area contributed by atoms with Crippen molar-refractivity contribution in [2.24, 2.45) is 5.73 Å². The predicted molar refractivity (Wildman–Crippen MR) is 51.9 cm³/mol. The number of rotatable bonds is 2. The largest absolute Gasteiger partial charge is 0.479 e. The van der Waals surface area contributed by atoms with Crippen LogP contribution in [-0.4, -0.2) is 52.9 Å². The van der Waals surface area contributed by atoms with Crippen molar-refractivity contribution in [2.45, 2.75) is 30.9 Å². The molecule has 0 saturated carbocycles. The second-order valence-corrected chi connectivity index (χ2v) is 4.13. The number of carboxylic acids is 1. The summed E-state index contributed by atoms with van der Waals surface area (Å²) in [5.41, 5.74) is 4.95. The summed E-state index contributed by atoms with van der Waals surface area (Å²) in [5, 5.41) is 18.2. The number of aliphatic hydroxyl groups is 1. The zero-order valence-corrected chi connectivity index (χ0v) is 8.44. The molecule has 0 spiro atoms. The quantitative estimate of drug-likeness (QED) is 0.548. The van der Waals surface area contributed by atoms with E-state index in [1.165, 1.54) is 0 Å². The summed E-state index contributed by atoms with van der Waals surface area (Å²) in [4.78, 5) is 12.8. The maximum Gasteiger partial charge on any atom is 0.334 e. The Morgan fingerprint density at radius 2 is 2.14 bits per heavy atom. The summed E-state index contributed by atoms with van der Waals surface area (Å²) < 4.78 is 0. The summed E-state index contributed by atoms with van der Waals surface area (Å²) >= 11 is 0. The van der Waals surface area contributed by atoms with Gasteiger partial charge in [0.2, 0.25) is 0 Å². The fourth-order valence-electron chi connectivity index (χ4n) is 1.83. The van der Waals surface area contributed by atoms with E-state index >= 15 is 0 Å². The number of hydrogen-bond donors (Lipinski definition) is 3. The fourth-order valence-corrected chi connectivity index (χ4v) is 1.83. The molecule has 0 aliphatic carbocycles. The molecule has 1 aliphatic heterocycles. The third-order valence-corrected chi connectivity index (χ3v) is 2.92. The van der Waals surface area contributed by atoms with Crippen LogP contribution in [0.5, 0.6) is 0 Å². The van der Waals surface area contributed by atoms with Crippen molar-refractivity contribution in [3.8, 4) is 0 Å². The Labute approximate surface area is 83.5 Å². The first-order valence-electron chi connectivity index (χ1n) is 4.84. The third kappa shape index (κ3) is 2.43. The molecule has 1 heterocycles. The smallest absolute Gasteiger partial charge is 0.334 e. The van der Waals surface area contributed by atoms with Crippen molar-refractivity contribution in [1.29, 1.82) is 0 Å². The molecular weight excluding hydrogens is 184 g/mol. The second-order valence-electron chi connectivity index (χ2n) is 4.13. The molecule has 2 unspecified atom stereocenters. The van der Waals surface area contributed by atoms with Crippen LogP contribution in [0.2, 0.25) is 0 Å². The zero-order chi connectivity index (χ0) is 10.8. The van der Waals surface area contributed by atoms with E-state index in [-0.39, 0.29) is 0 Å². The molecule has 0 radical (unpaired) electrons. The lowest BCUT2D eigenvalue weighted by molar-refractivity contribution is -0.150. The minimum Gasteiger partial charge on any atom is -0.479 e. The Morgan fingerprint density at radius 1 is 1.50 bits per heavy atom. The Morgan fingerprint density at radius 3 is 2.71 bits per heavy atom. The van der Waals surface area contributed by atoms with Crippen LogP contribution in [0.25, 0.3) is 0 Å². The average Bonchev–Trinajstić information content (AvgIpc) is 2.28. The highest BCUT2D eigenvalue weighted by Gasteiger charge is 2.39. The fraction of sp³-hybridized carbons (Fsp3) is 0.889. The summed E-state index contributed by atoms with van der Waals surface area (Å²) in [7, 11) is 1.97. The minimum atomic E-state index is -1.45. The van der Waals surface area contributed by atoms with Crippen LogP contribution >= 0.6 is 0 Å². The zero-order valence-electron chi connectivity index (χ0n) is 8.44. The van der Waals surface area contributed by atoms with Crippen molar-refractivity contribution in [1.82, 2.24) is 4.90 Å². The Kier molecular flexibility index (Phi) is 3.47. The molecule has 5 heteroatoms. The SMILES string of the molecule is CN1CCCC(N)(C(O)C(=O)O)CC1. The summed E-state index contributed by atoms with van der Waals surface area (Å²) in [6.07, 6.45) is 0.466. The normalized spacial score (nSPS) is 32.2. The lowest BCUT2D eigenvalue weighted by Gasteiger charge is -2.30. The van der Waals surface area contributed by atoms with Gasteiger partial charge in [0.1, 0.15) is 0 Å². The van der Waals surface area contributed by atoms with Crippen molar-refractivity contribution < 1.29 is 15.0 Å². The van der Waals surface area contributed by atoms with E-state index < -0.39 is 17.6 Å². The van der Waals surface area contributed by atoms with E-state index in [1.54, 1.807) is 0 Å². The summed E-state index contributed by atoms with van der Waals surface area (Å²) in [6, 6.07) is 0. The van der Waals surface area contributed by atoms with Crippen LogP contribution in [0.15, 0.2) is 0 Å². The van der Waals surface area contributed by atoms with Crippen LogP contribution in [0.3, 0.4) is 0 Å². The van der Waals surface area contributed by atoms with Gasteiger partial charge >= 0.3 is 5.97 Å². The Bertz CT molecular complexity index is 222. The van der Waals surface area contributed by atoms with Gasteiger partial charge in [-0.3, -0.25) is 0 Å². The maximum absolute atomic E-state index is 10.7. The highest BCUT2D eigenvalue weighted by Crippen LogP contribution is 2.23. The first-order valence-corrected chi connectivity index (χ1v) is 4.84. The van der Waals surface area contributed by atoms with E-state index in [0.29, 0.717) is 12.8 Å². The third-order valence-electron chi connectivity index (χ3n) is 2.92. The molecule has 1 fully saturated rings. The lowest BCUT2D eigenvalue weighted by atomic mass is 9.86. The van der Waals surface area contributed by atoms with Gasteiger partial charge in [0, 0.05) is 0 Å². The van der Waals surface area contributed by atoms with Crippen LogP contribution in [0.1, 0.15) is 19.3 Å². The molecule has 82 valence electrons. The number of hydrogen-bond acceptors (Lipinski definition) is 4. The number of carbonyl (C=O) groups is 1. The van der Waals surface area contributed by atoms with E-state index in [4.69, 9.17) is 10.8 Å². The molecule has 0 aromatic heterocycles. The van der Waals surface area contributed by atoms with Gasteiger partial charge in [-0.1, -0.05) is 0 Å². The second kappa shape index (κ2) is 4.25. The van der Waals surface area contributed by atoms with Gasteiger partial charge < -0.3 is 20.8 Å². The minimum absolute atomic E-state index is 0.525. The number of carboxylic acid groups (broad SMARTS) is 1. The van der Waals surface area contributed by atoms with Crippen molar-refractivity contribution >= 4 is 5.97 Å². The molecule has 0 amide bonds. The maximum atomic E-state index is 10.7. The molecule has 1 saturated heterocycles. The molecule has 4 N–H and O–H groups in total. The Hall–Kier alpha value is -0.650. The summed E-state index contributed by atoms with van der Waals surface area (Å²) in [5.74, 6) is -1.22. The van der Waals surface area contributed by atoms with Crippen molar-refractivity contribution in [3.63, 3.8) is 0 Å². The van der Waals surface area contributed by atoms with Gasteiger partial charge in [-0.05, 0) is 39.4 Å². The number of likely N-dealkylation sites (tertiary alicyclic amines) is 1. The van der Waals surface area contributed by atoms with Crippen molar-refractivity contribution in [2.75, 3.05) is 20.1 Å². The molecule has 1 aliphatic rings. The summed E-state index contributed by atoms with van der Waals surface area (Å²) in [6.45, 7) is 1.64. The predicted octanol–water partition coefficient (Wildman–Crippen LogP) is -0.755. The topological polar surface area (TPSA) is 86.8 Å². The monoisotopic (exact) mass is 202 g/mol. The first-order chi connectivity index (χ1) is 6.46. The van der Waals surface area contributed by atoms with Crippen LogP contribution in [-0.2, 0) is 4.79 Å². The molecule has 1 rings (SSSR count). The van der Waals surface area contributed by atoms with Gasteiger partial charge in [-0.25, -0.2) is 4.79 Å². The van der Waals surface area contributed by atoms with Crippen LogP contribution in [0.4, 0.5) is 0 Å². The number of nitrogens with two attached hydrogens (primary N) is 1. The van der Waals surface area contributed by atoms with Gasteiger partial charge in [0.25, 0.3) is 0 Å². The van der Waals surface area contributed by atoms with Crippen molar-refractivity contribution in [3.05, 3.63) is 0 Å². The van der Waals surface area contributed by atoms with Gasteiger partial charge in [-0.2, -0.15) is 0 Å². The first kappa shape index (κ1) is 11.4. The Balaban J connectivity index is 2.67. The molecule has 0 aromatic rings. The lowest BCUT2D eigenvalue weighted by Crippen LogP contribution is -2.54. The van der Waals surface area contributed by atoms with Gasteiger partial charge in [0.05, 0.1) is 5.54 Å². The average molecular weight is 202 g/mol. The molecule has 0 bridgehead atoms. The van der Waals surface area contributed by atoms with E-state index in [1.807, 2.05) is 7.05 Å².